The number of aliphatic hydroxyl groups excluding tert-OH is 2. The molecule has 8 nitrogen and oxygen atoms in total. The Labute approximate surface area is 150 Å². The maximum Gasteiger partial charge on any atom is 0.152 e. The van der Waals surface area contributed by atoms with Crippen LogP contribution in [0.5, 0.6) is 0 Å². The Morgan fingerprint density at radius 2 is 1.80 bits per heavy atom. The zero-order valence-corrected chi connectivity index (χ0v) is 14.4. The molecule has 2 rings (SSSR count). The van der Waals surface area contributed by atoms with Crippen LogP contribution >= 0.6 is 11.9 Å². The van der Waals surface area contributed by atoms with Crippen LogP contribution in [0.2, 0.25) is 0 Å². The lowest BCUT2D eigenvalue weighted by Gasteiger charge is -2.14. The fraction of sp³-hybridized carbons (Fsp3) is 0.250. The van der Waals surface area contributed by atoms with Crippen LogP contribution in [0.1, 0.15) is 11.1 Å². The van der Waals surface area contributed by atoms with Gasteiger partial charge in [-0.25, -0.2) is 11.0 Å². The van der Waals surface area contributed by atoms with Crippen LogP contribution in [0, 0.1) is 0 Å². The number of nitrogens with one attached hydrogen (secondary N) is 1. The Bertz CT molecular complexity index is 664. The van der Waals surface area contributed by atoms with E-state index in [9.17, 15) is 0 Å². The quantitative estimate of drug-likeness (QED) is 0.139. The smallest absolute Gasteiger partial charge is 0.152 e. The molecule has 0 unspecified atom stereocenters. The Morgan fingerprint density at radius 3 is 2.40 bits per heavy atom. The van der Waals surface area contributed by atoms with Gasteiger partial charge in [-0.05, 0) is 41.8 Å². The molecule has 0 amide bonds. The second kappa shape index (κ2) is 9.97. The molecule has 0 spiro atoms. The maximum atomic E-state index is 9.02. The van der Waals surface area contributed by atoms with Gasteiger partial charge in [0.15, 0.2) is 5.84 Å². The van der Waals surface area contributed by atoms with E-state index in [1.165, 1.54) is 17.1 Å². The Kier molecular flexibility index (Phi) is 7.64. The molecule has 2 aromatic rings. The number of hydrogen-bond donors (Lipinski definition) is 5. The van der Waals surface area contributed by atoms with E-state index in [2.05, 4.69) is 14.8 Å². The summed E-state index contributed by atoms with van der Waals surface area (Å²) in [6.45, 7) is 0.154. The van der Waals surface area contributed by atoms with E-state index in [0.717, 1.165) is 16.0 Å². The first-order valence-corrected chi connectivity index (χ1v) is 8.43. The van der Waals surface area contributed by atoms with Gasteiger partial charge in [0, 0.05) is 22.9 Å². The van der Waals surface area contributed by atoms with E-state index < -0.39 is 0 Å². The van der Waals surface area contributed by atoms with Crippen molar-refractivity contribution in [2.24, 2.45) is 16.7 Å². The van der Waals surface area contributed by atoms with E-state index in [1.807, 2.05) is 36.4 Å². The molecule has 1 aromatic carbocycles. The Morgan fingerprint density at radius 1 is 1.16 bits per heavy atom. The van der Waals surface area contributed by atoms with Gasteiger partial charge in [-0.3, -0.25) is 9.71 Å². The molecule has 7 N–H and O–H groups in total. The highest BCUT2D eigenvalue weighted by Gasteiger charge is 2.06. The lowest BCUT2D eigenvalue weighted by molar-refractivity contribution is 0.187. The van der Waals surface area contributed by atoms with Gasteiger partial charge in [0.05, 0.1) is 25.8 Å². The van der Waals surface area contributed by atoms with Crippen molar-refractivity contribution in [2.45, 2.75) is 17.5 Å². The summed E-state index contributed by atoms with van der Waals surface area (Å²) in [5, 5.41) is 23.5. The van der Waals surface area contributed by atoms with Gasteiger partial charge in [-0.1, -0.05) is 12.1 Å². The fourth-order valence-corrected chi connectivity index (χ4v) is 2.61. The largest absolute Gasteiger partial charge is 0.395 e. The number of amidine groups is 1. The number of nitrogens with two attached hydrogens (primary N) is 2. The molecule has 0 bridgehead atoms. The van der Waals surface area contributed by atoms with Crippen LogP contribution in [-0.2, 0) is 6.54 Å². The van der Waals surface area contributed by atoms with E-state index in [-0.39, 0.29) is 19.3 Å². The number of hydrogen-bond acceptors (Lipinski definition) is 8. The first kappa shape index (κ1) is 19.2. The standard InChI is InChI=1S/C16H22N6O2S/c17-16(20-22(18)9-12-5-7-19-8-6-12)13-1-3-15(4-2-13)25-21-14(10-23)11-24/h1-8,14,21,23-24H,9-11,18H2,(H2,17,20). The molecule has 25 heavy (non-hydrogen) atoms. The predicted octanol–water partition coefficient (Wildman–Crippen LogP) is 0.0277. The number of pyridine rings is 1. The molecule has 0 aliphatic heterocycles. The lowest BCUT2D eigenvalue weighted by atomic mass is 10.2. The third kappa shape index (κ3) is 6.33. The topological polar surface area (TPSA) is 133 Å². The number of aliphatic hydroxyl groups is 2. The number of rotatable bonds is 9. The molecule has 0 fully saturated rings. The van der Waals surface area contributed by atoms with Crippen LogP contribution < -0.4 is 16.3 Å². The average molecular weight is 362 g/mol. The normalized spacial score (nSPS) is 11.8. The van der Waals surface area contributed by atoms with Crippen molar-refractivity contribution in [1.29, 1.82) is 0 Å². The van der Waals surface area contributed by atoms with Crippen molar-refractivity contribution in [3.63, 3.8) is 0 Å². The molecule has 9 heteroatoms. The molecule has 0 radical (unpaired) electrons. The molecule has 1 aromatic heterocycles. The first-order valence-electron chi connectivity index (χ1n) is 7.62. The van der Waals surface area contributed by atoms with Gasteiger partial charge >= 0.3 is 0 Å². The van der Waals surface area contributed by atoms with Gasteiger partial charge in [0.2, 0.25) is 0 Å². The fourth-order valence-electron chi connectivity index (χ4n) is 1.88. The number of aromatic nitrogens is 1. The van der Waals surface area contributed by atoms with Crippen molar-refractivity contribution in [3.8, 4) is 0 Å². The van der Waals surface area contributed by atoms with E-state index in [0.29, 0.717) is 12.4 Å². The van der Waals surface area contributed by atoms with Crippen molar-refractivity contribution in [2.75, 3.05) is 13.2 Å². The maximum absolute atomic E-state index is 9.02. The number of benzene rings is 1. The van der Waals surface area contributed by atoms with Crippen molar-refractivity contribution in [3.05, 3.63) is 59.9 Å². The molecule has 0 atom stereocenters. The number of hydrazine groups is 1. The predicted molar refractivity (Wildman–Crippen MR) is 98.1 cm³/mol. The van der Waals surface area contributed by atoms with Gasteiger partial charge < -0.3 is 15.9 Å². The highest BCUT2D eigenvalue weighted by Crippen LogP contribution is 2.16. The summed E-state index contributed by atoms with van der Waals surface area (Å²) in [5.41, 5.74) is 7.72. The minimum atomic E-state index is -0.365. The van der Waals surface area contributed by atoms with Crippen molar-refractivity contribution in [1.82, 2.24) is 14.8 Å². The molecule has 1 heterocycles. The van der Waals surface area contributed by atoms with E-state index >= 15 is 0 Å². The van der Waals surface area contributed by atoms with Gasteiger partial charge in [0.1, 0.15) is 0 Å². The molecule has 0 aliphatic carbocycles. The first-order chi connectivity index (χ1) is 12.1. The summed E-state index contributed by atoms with van der Waals surface area (Å²) in [4.78, 5) is 4.87. The summed E-state index contributed by atoms with van der Waals surface area (Å²) >= 11 is 1.32. The van der Waals surface area contributed by atoms with Crippen LogP contribution in [0.15, 0.2) is 58.8 Å². The summed E-state index contributed by atoms with van der Waals surface area (Å²) < 4.78 is 2.97. The number of hydrazone groups is 1. The summed E-state index contributed by atoms with van der Waals surface area (Å²) in [6.07, 6.45) is 3.39. The van der Waals surface area contributed by atoms with E-state index in [1.54, 1.807) is 12.4 Å². The second-order valence-corrected chi connectivity index (χ2v) is 6.16. The molecular weight excluding hydrogens is 340 g/mol. The molecule has 0 aliphatic rings. The minimum Gasteiger partial charge on any atom is -0.395 e. The Hall–Kier alpha value is -2.17. The van der Waals surface area contributed by atoms with Crippen LogP contribution in [0.4, 0.5) is 0 Å². The SMILES string of the molecule is N/C(=N\N(N)Cc1ccncc1)c1ccc(SNC(CO)CO)cc1. The summed E-state index contributed by atoms with van der Waals surface area (Å²) in [5.74, 6) is 6.18. The Balaban J connectivity index is 1.93. The summed E-state index contributed by atoms with van der Waals surface area (Å²) in [6, 6.07) is 10.7. The highest BCUT2D eigenvalue weighted by molar-refractivity contribution is 7.97. The molecule has 0 saturated carbocycles. The summed E-state index contributed by atoms with van der Waals surface area (Å²) in [7, 11) is 0. The highest BCUT2D eigenvalue weighted by atomic mass is 32.2. The zero-order valence-electron chi connectivity index (χ0n) is 13.6. The van der Waals surface area contributed by atoms with Crippen LogP contribution in [0.3, 0.4) is 0 Å². The average Bonchev–Trinajstić information content (AvgIpc) is 2.63. The van der Waals surface area contributed by atoms with Crippen LogP contribution in [-0.4, -0.2) is 45.4 Å². The third-order valence-corrected chi connectivity index (χ3v) is 4.22. The van der Waals surface area contributed by atoms with Gasteiger partial charge in [-0.2, -0.15) is 0 Å². The monoisotopic (exact) mass is 362 g/mol. The minimum absolute atomic E-state index is 0.134. The molecular formula is C16H22N6O2S. The molecule has 134 valence electrons. The van der Waals surface area contributed by atoms with Gasteiger partial charge in [-0.15, -0.1) is 5.10 Å². The lowest BCUT2D eigenvalue weighted by Crippen LogP contribution is -2.30. The van der Waals surface area contributed by atoms with E-state index in [4.69, 9.17) is 21.8 Å². The number of nitrogens with zero attached hydrogens (tertiary/aromatic N) is 3. The van der Waals surface area contributed by atoms with Crippen molar-refractivity contribution >= 4 is 17.8 Å². The zero-order chi connectivity index (χ0) is 18.1. The molecule has 0 saturated heterocycles. The van der Waals surface area contributed by atoms with Crippen LogP contribution in [0.25, 0.3) is 0 Å². The second-order valence-electron chi connectivity index (χ2n) is 5.24. The third-order valence-electron chi connectivity index (χ3n) is 3.26. The van der Waals surface area contributed by atoms with Gasteiger partial charge in [0.25, 0.3) is 0 Å². The van der Waals surface area contributed by atoms with Crippen molar-refractivity contribution < 1.29 is 10.2 Å².